The van der Waals surface area contributed by atoms with Gasteiger partial charge in [0.2, 0.25) is 5.75 Å². The second kappa shape index (κ2) is 7.55. The maximum absolute atomic E-state index is 13.0. The molecular formula is C22H14FNO5. The fourth-order valence-electron chi connectivity index (χ4n) is 2.97. The number of carbonyl (C=O) groups is 1. The molecule has 29 heavy (non-hydrogen) atoms. The van der Waals surface area contributed by atoms with Crippen molar-refractivity contribution in [2.24, 2.45) is 0 Å². The first-order valence-corrected chi connectivity index (χ1v) is 8.70. The Morgan fingerprint density at radius 3 is 2.59 bits per heavy atom. The van der Waals surface area contributed by atoms with Gasteiger partial charge in [-0.2, -0.15) is 0 Å². The Hall–Kier alpha value is -4.00. The first-order chi connectivity index (χ1) is 14.0. The summed E-state index contributed by atoms with van der Waals surface area (Å²) < 4.78 is 24.1. The van der Waals surface area contributed by atoms with Gasteiger partial charge in [0.1, 0.15) is 23.9 Å². The third-order valence-corrected chi connectivity index (χ3v) is 4.37. The van der Waals surface area contributed by atoms with Gasteiger partial charge in [-0.15, -0.1) is 0 Å². The number of carbonyl (C=O) groups excluding carboxylic acids is 1. The summed E-state index contributed by atoms with van der Waals surface area (Å²) in [7, 11) is 0. The highest BCUT2D eigenvalue weighted by Gasteiger charge is 2.23. The summed E-state index contributed by atoms with van der Waals surface area (Å²) in [5.41, 5.74) is 1.05. The van der Waals surface area contributed by atoms with Crippen LogP contribution in [0.3, 0.4) is 0 Å². The minimum atomic E-state index is -0.574. The van der Waals surface area contributed by atoms with E-state index in [1.807, 2.05) is 0 Å². The molecule has 144 valence electrons. The Bertz CT molecular complexity index is 1140. The number of ether oxygens (including phenoxy) is 2. The van der Waals surface area contributed by atoms with Gasteiger partial charge in [0.25, 0.3) is 0 Å². The van der Waals surface area contributed by atoms with Crippen LogP contribution in [0.25, 0.3) is 6.08 Å². The second-order valence-corrected chi connectivity index (χ2v) is 6.32. The molecule has 3 aromatic carbocycles. The fraction of sp³-hybridized carbons (Fsp3) is 0.0455. The van der Waals surface area contributed by atoms with E-state index in [9.17, 15) is 19.3 Å². The molecule has 1 aliphatic rings. The molecule has 7 heteroatoms. The number of nitro benzene ring substituents is 1. The Balaban J connectivity index is 1.65. The van der Waals surface area contributed by atoms with Gasteiger partial charge in [-0.1, -0.05) is 18.2 Å². The summed E-state index contributed by atoms with van der Waals surface area (Å²) in [6.45, 7) is 0.0808. The zero-order chi connectivity index (χ0) is 20.4. The van der Waals surface area contributed by atoms with Gasteiger partial charge in [-0.25, -0.2) is 4.39 Å². The predicted octanol–water partition coefficient (Wildman–Crippen LogP) is 5.18. The van der Waals surface area contributed by atoms with Crippen molar-refractivity contribution in [2.45, 2.75) is 0 Å². The van der Waals surface area contributed by atoms with E-state index in [2.05, 4.69) is 0 Å². The Morgan fingerprint density at radius 1 is 1.07 bits per heavy atom. The van der Waals surface area contributed by atoms with Crippen molar-refractivity contribution in [3.63, 3.8) is 0 Å². The molecule has 0 unspecified atom stereocenters. The minimum absolute atomic E-state index is 0.0142. The van der Waals surface area contributed by atoms with Crippen LogP contribution < -0.4 is 9.47 Å². The monoisotopic (exact) mass is 391 g/mol. The van der Waals surface area contributed by atoms with Crippen molar-refractivity contribution < 1.29 is 23.6 Å². The van der Waals surface area contributed by atoms with Gasteiger partial charge >= 0.3 is 5.69 Å². The molecule has 1 aliphatic heterocycles. The number of para-hydroxylation sites is 1. The first-order valence-electron chi connectivity index (χ1n) is 8.70. The van der Waals surface area contributed by atoms with Gasteiger partial charge in [0.05, 0.1) is 10.5 Å². The van der Waals surface area contributed by atoms with Crippen molar-refractivity contribution in [1.29, 1.82) is 0 Å². The van der Waals surface area contributed by atoms with E-state index >= 15 is 0 Å². The summed E-state index contributed by atoms with van der Waals surface area (Å²) in [5.74, 6) is 0.188. The van der Waals surface area contributed by atoms with E-state index < -0.39 is 10.7 Å². The lowest BCUT2D eigenvalue weighted by Crippen LogP contribution is -2.18. The highest BCUT2D eigenvalue weighted by molar-refractivity contribution is 6.14. The van der Waals surface area contributed by atoms with Crippen molar-refractivity contribution in [1.82, 2.24) is 0 Å². The van der Waals surface area contributed by atoms with E-state index in [1.54, 1.807) is 36.4 Å². The lowest BCUT2D eigenvalue weighted by Gasteiger charge is -2.18. The summed E-state index contributed by atoms with van der Waals surface area (Å²) in [4.78, 5) is 23.6. The third-order valence-electron chi connectivity index (χ3n) is 4.37. The normalized spacial score (nSPS) is 14.2. The molecule has 0 saturated carbocycles. The van der Waals surface area contributed by atoms with Crippen LogP contribution in [0.2, 0.25) is 0 Å². The number of rotatable bonds is 4. The van der Waals surface area contributed by atoms with Crippen LogP contribution in [0.4, 0.5) is 10.1 Å². The van der Waals surface area contributed by atoms with E-state index in [0.29, 0.717) is 22.4 Å². The molecule has 3 aromatic rings. The van der Waals surface area contributed by atoms with Crippen LogP contribution >= 0.6 is 0 Å². The molecule has 0 aliphatic carbocycles. The molecule has 0 aromatic heterocycles. The summed E-state index contributed by atoms with van der Waals surface area (Å²) in [6, 6.07) is 16.4. The third kappa shape index (κ3) is 3.84. The number of ketones is 1. The van der Waals surface area contributed by atoms with Gasteiger partial charge in [0, 0.05) is 11.6 Å². The van der Waals surface area contributed by atoms with Crippen molar-refractivity contribution in [2.75, 3.05) is 6.61 Å². The lowest BCUT2D eigenvalue weighted by molar-refractivity contribution is -0.385. The van der Waals surface area contributed by atoms with Gasteiger partial charge in [0.15, 0.2) is 5.78 Å². The number of benzene rings is 3. The molecular weight excluding hydrogens is 377 g/mol. The highest BCUT2D eigenvalue weighted by Crippen LogP contribution is 2.34. The SMILES string of the molecule is O=C1/C(=C/c2ccc(Oc3ccc(F)cc3)c([N+](=O)[O-])c2)COc2ccccc21. The molecule has 1 heterocycles. The van der Waals surface area contributed by atoms with Gasteiger partial charge in [-0.05, 0) is 54.1 Å². The lowest BCUT2D eigenvalue weighted by atomic mass is 9.98. The van der Waals surface area contributed by atoms with Crippen molar-refractivity contribution >= 4 is 17.5 Å². The van der Waals surface area contributed by atoms with E-state index in [4.69, 9.17) is 9.47 Å². The van der Waals surface area contributed by atoms with Crippen LogP contribution in [-0.2, 0) is 0 Å². The Morgan fingerprint density at radius 2 is 1.83 bits per heavy atom. The molecule has 0 spiro atoms. The maximum Gasteiger partial charge on any atom is 0.312 e. The van der Waals surface area contributed by atoms with Crippen molar-refractivity contribution in [3.8, 4) is 17.2 Å². The highest BCUT2D eigenvalue weighted by atomic mass is 19.1. The van der Waals surface area contributed by atoms with Crippen LogP contribution in [0, 0.1) is 15.9 Å². The number of halogens is 1. The first kappa shape index (κ1) is 18.4. The molecule has 0 fully saturated rings. The predicted molar refractivity (Wildman–Crippen MR) is 104 cm³/mol. The van der Waals surface area contributed by atoms with Gasteiger partial charge < -0.3 is 9.47 Å². The van der Waals surface area contributed by atoms with Crippen LogP contribution in [0.1, 0.15) is 15.9 Å². The van der Waals surface area contributed by atoms with E-state index in [0.717, 1.165) is 0 Å². The standard InChI is InChI=1S/C22H14FNO5/c23-16-6-8-17(9-7-16)29-21-10-5-14(12-19(21)24(26)27)11-15-13-28-20-4-2-1-3-18(20)22(15)25/h1-12H,13H2/b15-11+. The fourth-order valence-corrected chi connectivity index (χ4v) is 2.97. The van der Waals surface area contributed by atoms with E-state index in [-0.39, 0.29) is 29.6 Å². The number of nitro groups is 1. The topological polar surface area (TPSA) is 78.7 Å². The smallest absolute Gasteiger partial charge is 0.312 e. The molecule has 0 saturated heterocycles. The summed E-state index contributed by atoms with van der Waals surface area (Å²) >= 11 is 0. The zero-order valence-corrected chi connectivity index (χ0v) is 15.0. The zero-order valence-electron chi connectivity index (χ0n) is 15.0. The number of nitrogens with zero attached hydrogens (tertiary/aromatic N) is 1. The quantitative estimate of drug-likeness (QED) is 0.348. The number of hydrogen-bond acceptors (Lipinski definition) is 5. The van der Waals surface area contributed by atoms with Gasteiger partial charge in [-0.3, -0.25) is 14.9 Å². The average Bonchev–Trinajstić information content (AvgIpc) is 2.73. The number of hydrogen-bond donors (Lipinski definition) is 0. The van der Waals surface area contributed by atoms with Crippen LogP contribution in [0.5, 0.6) is 17.2 Å². The minimum Gasteiger partial charge on any atom is -0.488 e. The number of Topliss-reactive ketones (excluding diaryl/α,β-unsaturated/α-hetero) is 1. The molecule has 6 nitrogen and oxygen atoms in total. The molecule has 0 bridgehead atoms. The molecule has 0 N–H and O–H groups in total. The van der Waals surface area contributed by atoms with Crippen molar-refractivity contribution in [3.05, 3.63) is 99.4 Å². The Labute approximate surface area is 165 Å². The maximum atomic E-state index is 13.0. The largest absolute Gasteiger partial charge is 0.488 e. The van der Waals surface area contributed by atoms with Crippen LogP contribution in [-0.4, -0.2) is 17.3 Å². The molecule has 4 rings (SSSR count). The molecule has 0 amide bonds. The Kier molecular flexibility index (Phi) is 4.78. The van der Waals surface area contributed by atoms with Crippen LogP contribution in [0.15, 0.2) is 72.3 Å². The van der Waals surface area contributed by atoms with E-state index in [1.165, 1.54) is 36.4 Å². The average molecular weight is 391 g/mol. The molecule has 0 atom stereocenters. The second-order valence-electron chi connectivity index (χ2n) is 6.32. The molecule has 0 radical (unpaired) electrons. The summed E-state index contributed by atoms with van der Waals surface area (Å²) in [6.07, 6.45) is 1.56. The number of fused-ring (bicyclic) bond motifs is 1. The summed E-state index contributed by atoms with van der Waals surface area (Å²) in [5, 5.41) is 11.5.